The number of fused-ring (bicyclic) bond motifs is 2. The fourth-order valence-electron chi connectivity index (χ4n) is 5.30. The maximum absolute atomic E-state index is 12.9. The number of piperidine rings is 2. The van der Waals surface area contributed by atoms with Gasteiger partial charge in [-0.05, 0) is 51.4 Å². The quantitative estimate of drug-likeness (QED) is 0.747. The van der Waals surface area contributed by atoms with Crippen LogP contribution in [0, 0.1) is 5.92 Å². The Morgan fingerprint density at radius 2 is 1.62 bits per heavy atom. The molecule has 3 heterocycles. The summed E-state index contributed by atoms with van der Waals surface area (Å²) < 4.78 is 28.8. The van der Waals surface area contributed by atoms with Gasteiger partial charge in [0.15, 0.2) is 0 Å². The lowest BCUT2D eigenvalue weighted by Gasteiger charge is -2.36. The van der Waals surface area contributed by atoms with E-state index in [0.29, 0.717) is 25.0 Å². The Kier molecular flexibility index (Phi) is 6.53. The number of nitrogens with zero attached hydrogens (tertiary/aromatic N) is 1. The number of rotatable bonds is 4. The van der Waals surface area contributed by atoms with Gasteiger partial charge >= 0.3 is 0 Å². The van der Waals surface area contributed by atoms with Crippen molar-refractivity contribution < 1.29 is 13.2 Å². The highest BCUT2D eigenvalue weighted by Gasteiger charge is 2.39. The molecule has 6 nitrogen and oxygen atoms in total. The van der Waals surface area contributed by atoms with Crippen molar-refractivity contribution >= 4 is 28.3 Å². The Labute approximate surface area is 163 Å². The van der Waals surface area contributed by atoms with Crippen LogP contribution in [-0.4, -0.2) is 55.7 Å². The minimum atomic E-state index is -3.36. The number of amides is 1. The minimum Gasteiger partial charge on any atom is -0.341 e. The van der Waals surface area contributed by atoms with E-state index in [9.17, 15) is 13.2 Å². The van der Waals surface area contributed by atoms with Crippen LogP contribution in [0.25, 0.3) is 0 Å². The van der Waals surface area contributed by atoms with Crippen LogP contribution in [0.2, 0.25) is 0 Å². The molecule has 0 aromatic carbocycles. The summed E-state index contributed by atoms with van der Waals surface area (Å²) in [5, 5.41) is 3.11. The van der Waals surface area contributed by atoms with E-state index in [1.54, 1.807) is 0 Å². The van der Waals surface area contributed by atoms with Crippen LogP contribution in [0.1, 0.15) is 64.2 Å². The third-order valence-corrected chi connectivity index (χ3v) is 8.56. The summed E-state index contributed by atoms with van der Waals surface area (Å²) in [6.07, 6.45) is 9.79. The fourth-order valence-corrected chi connectivity index (χ4v) is 7.01. The zero-order valence-corrected chi connectivity index (χ0v) is 17.0. The van der Waals surface area contributed by atoms with Gasteiger partial charge < -0.3 is 10.2 Å². The Morgan fingerprint density at radius 3 is 2.27 bits per heavy atom. The topological polar surface area (TPSA) is 78.5 Å². The molecule has 0 spiro atoms. The molecule has 8 heteroatoms. The van der Waals surface area contributed by atoms with Crippen molar-refractivity contribution in [1.29, 1.82) is 0 Å². The molecule has 4 rings (SSSR count). The fraction of sp³-hybridized carbons (Fsp3) is 0.944. The van der Waals surface area contributed by atoms with Gasteiger partial charge in [0.1, 0.15) is 0 Å². The summed E-state index contributed by atoms with van der Waals surface area (Å²) in [6, 6.07) is 1.00. The Balaban J connectivity index is 0.00000196. The van der Waals surface area contributed by atoms with E-state index < -0.39 is 15.3 Å². The second kappa shape index (κ2) is 8.33. The second-order valence-electron chi connectivity index (χ2n) is 8.50. The lowest BCUT2D eigenvalue weighted by molar-refractivity contribution is -0.136. The number of hydrogen-bond donors (Lipinski definition) is 2. The van der Waals surface area contributed by atoms with Gasteiger partial charge in [0.2, 0.25) is 15.9 Å². The average Bonchev–Trinajstić information content (AvgIpc) is 3.24. The summed E-state index contributed by atoms with van der Waals surface area (Å²) in [7, 11) is -3.36. The average molecular weight is 406 g/mol. The maximum Gasteiger partial charge on any atom is 0.225 e. The van der Waals surface area contributed by atoms with Gasteiger partial charge in [0, 0.05) is 37.1 Å². The molecule has 2 bridgehead atoms. The van der Waals surface area contributed by atoms with E-state index in [0.717, 1.165) is 64.3 Å². The molecule has 2 N–H and O–H groups in total. The van der Waals surface area contributed by atoms with Crippen LogP contribution >= 0.6 is 12.4 Å². The van der Waals surface area contributed by atoms with Gasteiger partial charge in [0.25, 0.3) is 0 Å². The van der Waals surface area contributed by atoms with Crippen LogP contribution in [-0.2, 0) is 14.8 Å². The van der Waals surface area contributed by atoms with Gasteiger partial charge in [-0.25, -0.2) is 13.1 Å². The number of carbonyl (C=O) groups is 1. The van der Waals surface area contributed by atoms with E-state index in [1.807, 2.05) is 4.90 Å². The van der Waals surface area contributed by atoms with Gasteiger partial charge in [-0.3, -0.25) is 4.79 Å². The Hall–Kier alpha value is -0.370. The standard InChI is InChI=1S/C18H31N3O3S.ClH/c22-18(13-4-1-2-5-13)21-9-3-6-17(12-21)25(23,24)20-16-10-14-7-8-15(11-16)19-14;/h13-17,19-20H,1-12H2;1H. The normalized spacial score (nSPS) is 35.3. The van der Waals surface area contributed by atoms with Gasteiger partial charge in [-0.15, -0.1) is 12.4 Å². The number of sulfonamides is 1. The van der Waals surface area contributed by atoms with E-state index >= 15 is 0 Å². The van der Waals surface area contributed by atoms with E-state index in [2.05, 4.69) is 10.0 Å². The first-order chi connectivity index (χ1) is 12.0. The lowest BCUT2D eigenvalue weighted by atomic mass is 10.0. The van der Waals surface area contributed by atoms with Crippen molar-refractivity contribution in [2.45, 2.75) is 87.6 Å². The van der Waals surface area contributed by atoms with Crippen molar-refractivity contribution in [2.24, 2.45) is 5.92 Å². The van der Waals surface area contributed by atoms with Crippen molar-refractivity contribution in [2.75, 3.05) is 13.1 Å². The maximum atomic E-state index is 12.9. The molecule has 3 saturated heterocycles. The van der Waals surface area contributed by atoms with Crippen molar-refractivity contribution in [3.8, 4) is 0 Å². The lowest BCUT2D eigenvalue weighted by Crippen LogP contribution is -2.53. The third kappa shape index (κ3) is 4.37. The molecular formula is C18H32ClN3O3S. The van der Waals surface area contributed by atoms with Crippen LogP contribution < -0.4 is 10.0 Å². The SMILES string of the molecule is Cl.O=C(C1CCCC1)N1CCCC(S(=O)(=O)NC2CC3CCC(C2)N3)C1. The second-order valence-corrected chi connectivity index (χ2v) is 10.5. The summed E-state index contributed by atoms with van der Waals surface area (Å²) in [5.41, 5.74) is 0. The van der Waals surface area contributed by atoms with Crippen molar-refractivity contribution in [3.05, 3.63) is 0 Å². The molecule has 4 fully saturated rings. The molecule has 3 atom stereocenters. The molecule has 0 aromatic rings. The van der Waals surface area contributed by atoms with Crippen LogP contribution in [0.15, 0.2) is 0 Å². The van der Waals surface area contributed by atoms with E-state index in [4.69, 9.17) is 0 Å². The Morgan fingerprint density at radius 1 is 0.962 bits per heavy atom. The number of hydrogen-bond acceptors (Lipinski definition) is 4. The molecule has 3 aliphatic heterocycles. The molecular weight excluding hydrogens is 374 g/mol. The molecule has 4 aliphatic rings. The molecule has 1 aliphatic carbocycles. The summed E-state index contributed by atoms with van der Waals surface area (Å²) in [4.78, 5) is 14.5. The number of carbonyl (C=O) groups excluding carboxylic acids is 1. The molecule has 0 radical (unpaired) electrons. The van der Waals surface area contributed by atoms with Crippen LogP contribution in [0.3, 0.4) is 0 Å². The predicted molar refractivity (Wildman–Crippen MR) is 104 cm³/mol. The van der Waals surface area contributed by atoms with E-state index in [1.165, 1.54) is 0 Å². The first-order valence-electron chi connectivity index (χ1n) is 10.1. The van der Waals surface area contributed by atoms with Gasteiger partial charge in [0.05, 0.1) is 5.25 Å². The monoisotopic (exact) mass is 405 g/mol. The largest absolute Gasteiger partial charge is 0.341 e. The number of halogens is 1. The van der Waals surface area contributed by atoms with Crippen LogP contribution in [0.5, 0.6) is 0 Å². The molecule has 3 unspecified atom stereocenters. The summed E-state index contributed by atoms with van der Waals surface area (Å²) in [6.45, 7) is 1.10. The van der Waals surface area contributed by atoms with Crippen molar-refractivity contribution in [3.63, 3.8) is 0 Å². The third-order valence-electron chi connectivity index (χ3n) is 6.64. The number of nitrogens with one attached hydrogen (secondary N) is 2. The minimum absolute atomic E-state index is 0. The van der Waals surface area contributed by atoms with Crippen molar-refractivity contribution in [1.82, 2.24) is 14.9 Å². The summed E-state index contributed by atoms with van der Waals surface area (Å²) >= 11 is 0. The van der Waals surface area contributed by atoms with Gasteiger partial charge in [-0.2, -0.15) is 0 Å². The van der Waals surface area contributed by atoms with Gasteiger partial charge in [-0.1, -0.05) is 12.8 Å². The Bertz CT molecular complexity index is 597. The predicted octanol–water partition coefficient (Wildman–Crippen LogP) is 1.79. The number of likely N-dealkylation sites (tertiary alicyclic amines) is 1. The first-order valence-corrected chi connectivity index (χ1v) is 11.6. The zero-order valence-electron chi connectivity index (χ0n) is 15.4. The molecule has 1 saturated carbocycles. The van der Waals surface area contributed by atoms with E-state index in [-0.39, 0.29) is 30.3 Å². The molecule has 150 valence electrons. The highest BCUT2D eigenvalue weighted by atomic mass is 35.5. The smallest absolute Gasteiger partial charge is 0.225 e. The highest BCUT2D eigenvalue weighted by molar-refractivity contribution is 7.90. The molecule has 1 amide bonds. The first kappa shape index (κ1) is 20.4. The van der Waals surface area contributed by atoms with Crippen LogP contribution in [0.4, 0.5) is 0 Å². The summed E-state index contributed by atoms with van der Waals surface area (Å²) in [5.74, 6) is 0.326. The molecule has 26 heavy (non-hydrogen) atoms. The highest BCUT2D eigenvalue weighted by Crippen LogP contribution is 2.30. The molecule has 0 aromatic heterocycles. The zero-order chi connectivity index (χ0) is 17.4.